The summed E-state index contributed by atoms with van der Waals surface area (Å²) in [6, 6.07) is 6.71. The molecular formula is C20H24N4O5. The lowest BCUT2D eigenvalue weighted by Gasteiger charge is -2.29. The van der Waals surface area contributed by atoms with Crippen LogP contribution in [0.15, 0.2) is 30.3 Å². The van der Waals surface area contributed by atoms with Gasteiger partial charge in [-0.05, 0) is 25.0 Å². The Hall–Kier alpha value is -2.94. The van der Waals surface area contributed by atoms with Crippen molar-refractivity contribution in [3.63, 3.8) is 0 Å². The van der Waals surface area contributed by atoms with E-state index < -0.39 is 18.1 Å². The lowest BCUT2D eigenvalue weighted by atomic mass is 10.1. The first-order valence-electron chi connectivity index (χ1n) is 9.74. The van der Waals surface area contributed by atoms with Crippen molar-refractivity contribution in [2.75, 3.05) is 26.8 Å². The first-order valence-corrected chi connectivity index (χ1v) is 9.74. The van der Waals surface area contributed by atoms with E-state index in [0.717, 1.165) is 0 Å². The predicted molar refractivity (Wildman–Crippen MR) is 102 cm³/mol. The summed E-state index contributed by atoms with van der Waals surface area (Å²) in [5.41, 5.74) is 0.526. The van der Waals surface area contributed by atoms with Crippen LogP contribution in [0.3, 0.4) is 0 Å². The molecule has 4 rings (SSSR count). The zero-order valence-electron chi connectivity index (χ0n) is 16.2. The van der Waals surface area contributed by atoms with Gasteiger partial charge < -0.3 is 25.2 Å². The fourth-order valence-electron chi connectivity index (χ4n) is 4.47. The Labute approximate surface area is 168 Å². The molecule has 0 bridgehead atoms. The third-order valence-electron chi connectivity index (χ3n) is 5.82. The van der Waals surface area contributed by atoms with Crippen molar-refractivity contribution in [1.29, 1.82) is 0 Å². The number of fused-ring (bicyclic) bond motifs is 2. The summed E-state index contributed by atoms with van der Waals surface area (Å²) in [4.78, 5) is 53.8. The maximum Gasteiger partial charge on any atom is 0.251 e. The molecule has 2 N–H and O–H groups in total. The molecule has 9 nitrogen and oxygen atoms in total. The number of carbonyl (C=O) groups is 4. The van der Waals surface area contributed by atoms with E-state index in [4.69, 9.17) is 4.74 Å². The quantitative estimate of drug-likeness (QED) is 0.683. The molecule has 0 aliphatic carbocycles. The van der Waals surface area contributed by atoms with E-state index in [0.29, 0.717) is 24.9 Å². The number of hydrogen-bond donors (Lipinski definition) is 2. The highest BCUT2D eigenvalue weighted by atomic mass is 16.5. The van der Waals surface area contributed by atoms with Gasteiger partial charge in [0, 0.05) is 31.8 Å². The van der Waals surface area contributed by atoms with Crippen molar-refractivity contribution >= 4 is 23.6 Å². The Bertz CT molecular complexity index is 829. The van der Waals surface area contributed by atoms with Crippen LogP contribution in [0.5, 0.6) is 0 Å². The lowest BCUT2D eigenvalue weighted by Crippen LogP contribution is -2.53. The third kappa shape index (κ3) is 3.57. The molecule has 0 saturated carbocycles. The molecule has 3 aliphatic rings. The lowest BCUT2D eigenvalue weighted by molar-refractivity contribution is -0.146. The van der Waals surface area contributed by atoms with Crippen LogP contribution in [0.1, 0.15) is 23.2 Å². The molecule has 4 atom stereocenters. The van der Waals surface area contributed by atoms with Crippen molar-refractivity contribution < 1.29 is 23.9 Å². The van der Waals surface area contributed by atoms with Crippen LogP contribution in [0.25, 0.3) is 0 Å². The van der Waals surface area contributed by atoms with Crippen molar-refractivity contribution in [3.8, 4) is 0 Å². The maximum atomic E-state index is 13.3. The second-order valence-corrected chi connectivity index (χ2v) is 7.65. The Morgan fingerprint density at radius 1 is 1.24 bits per heavy atom. The van der Waals surface area contributed by atoms with Gasteiger partial charge in [0.05, 0.1) is 6.04 Å². The van der Waals surface area contributed by atoms with Gasteiger partial charge in [0.1, 0.15) is 18.7 Å². The molecule has 29 heavy (non-hydrogen) atoms. The molecule has 154 valence electrons. The second-order valence-electron chi connectivity index (χ2n) is 7.65. The number of methoxy groups -OCH3 is 1. The number of hydrogen-bond acceptors (Lipinski definition) is 5. The number of amides is 4. The Kier molecular flexibility index (Phi) is 5.23. The summed E-state index contributed by atoms with van der Waals surface area (Å²) in [6.07, 6.45) is 0.883. The zero-order chi connectivity index (χ0) is 20.5. The van der Waals surface area contributed by atoms with E-state index in [1.807, 2.05) is 6.07 Å². The monoisotopic (exact) mass is 400 g/mol. The Morgan fingerprint density at radius 2 is 2.00 bits per heavy atom. The first kappa shape index (κ1) is 19.4. The molecule has 3 aliphatic heterocycles. The first-order chi connectivity index (χ1) is 14.0. The van der Waals surface area contributed by atoms with Gasteiger partial charge in [-0.15, -0.1) is 0 Å². The van der Waals surface area contributed by atoms with Gasteiger partial charge in [0.2, 0.25) is 17.7 Å². The fraction of sp³-hybridized carbons (Fsp3) is 0.500. The average Bonchev–Trinajstić information content (AvgIpc) is 3.31. The van der Waals surface area contributed by atoms with Crippen LogP contribution in [0.2, 0.25) is 0 Å². The minimum atomic E-state index is -0.727. The average molecular weight is 400 g/mol. The second kappa shape index (κ2) is 7.82. The molecule has 0 radical (unpaired) electrons. The van der Waals surface area contributed by atoms with Crippen LogP contribution in [-0.4, -0.2) is 84.4 Å². The zero-order valence-corrected chi connectivity index (χ0v) is 16.2. The van der Waals surface area contributed by atoms with E-state index >= 15 is 0 Å². The van der Waals surface area contributed by atoms with Crippen LogP contribution >= 0.6 is 0 Å². The highest BCUT2D eigenvalue weighted by Crippen LogP contribution is 2.29. The highest BCUT2D eigenvalue weighted by Gasteiger charge is 2.52. The van der Waals surface area contributed by atoms with Gasteiger partial charge in [-0.3, -0.25) is 19.2 Å². The molecule has 3 fully saturated rings. The number of rotatable bonds is 4. The number of likely N-dealkylation sites (tertiary alicyclic amines) is 1. The predicted octanol–water partition coefficient (Wildman–Crippen LogP) is -0.868. The van der Waals surface area contributed by atoms with Gasteiger partial charge in [-0.2, -0.15) is 0 Å². The minimum Gasteiger partial charge on any atom is -0.375 e. The van der Waals surface area contributed by atoms with Gasteiger partial charge in [0.15, 0.2) is 0 Å². The molecule has 1 aromatic rings. The van der Waals surface area contributed by atoms with Crippen molar-refractivity contribution in [2.45, 2.75) is 37.0 Å². The summed E-state index contributed by atoms with van der Waals surface area (Å²) in [5.74, 6) is -0.994. The number of ether oxygens (including phenoxy) is 1. The SMILES string of the molecule is COCC(=O)N1CCC2NC(=O)C3CC(NC(=O)c4ccccc4)CN3C(=O)C21. The molecular weight excluding hydrogens is 376 g/mol. The normalized spacial score (nSPS) is 28.4. The summed E-state index contributed by atoms with van der Waals surface area (Å²) in [6.45, 7) is 0.533. The van der Waals surface area contributed by atoms with E-state index in [2.05, 4.69) is 10.6 Å². The number of nitrogens with zero attached hydrogens (tertiary/aromatic N) is 2. The van der Waals surface area contributed by atoms with Crippen LogP contribution < -0.4 is 10.6 Å². The van der Waals surface area contributed by atoms with Crippen molar-refractivity contribution in [2.24, 2.45) is 0 Å². The van der Waals surface area contributed by atoms with Gasteiger partial charge in [-0.1, -0.05) is 18.2 Å². The Balaban J connectivity index is 1.50. The number of carbonyl (C=O) groups excluding carboxylic acids is 4. The Morgan fingerprint density at radius 3 is 2.72 bits per heavy atom. The van der Waals surface area contributed by atoms with E-state index in [-0.39, 0.29) is 42.8 Å². The van der Waals surface area contributed by atoms with Crippen LogP contribution in [0.4, 0.5) is 0 Å². The van der Waals surface area contributed by atoms with Crippen molar-refractivity contribution in [3.05, 3.63) is 35.9 Å². The van der Waals surface area contributed by atoms with Crippen molar-refractivity contribution in [1.82, 2.24) is 20.4 Å². The summed E-state index contributed by atoms with van der Waals surface area (Å²) in [7, 11) is 1.43. The summed E-state index contributed by atoms with van der Waals surface area (Å²) in [5, 5.41) is 5.84. The van der Waals surface area contributed by atoms with Gasteiger partial charge >= 0.3 is 0 Å². The van der Waals surface area contributed by atoms with E-state index in [1.54, 1.807) is 24.3 Å². The van der Waals surface area contributed by atoms with Crippen LogP contribution in [-0.2, 0) is 19.1 Å². The van der Waals surface area contributed by atoms with Gasteiger partial charge in [0.25, 0.3) is 5.91 Å². The molecule has 4 amide bonds. The third-order valence-corrected chi connectivity index (χ3v) is 5.82. The molecule has 4 unspecified atom stereocenters. The van der Waals surface area contributed by atoms with Crippen LogP contribution in [0, 0.1) is 0 Å². The summed E-state index contributed by atoms with van der Waals surface area (Å²) < 4.78 is 4.92. The molecule has 3 saturated heterocycles. The topological polar surface area (TPSA) is 108 Å². The molecule has 9 heteroatoms. The molecule has 3 heterocycles. The minimum absolute atomic E-state index is 0.108. The van der Waals surface area contributed by atoms with E-state index in [1.165, 1.54) is 16.9 Å². The smallest absolute Gasteiger partial charge is 0.251 e. The molecule has 0 spiro atoms. The maximum absolute atomic E-state index is 13.3. The summed E-state index contributed by atoms with van der Waals surface area (Å²) >= 11 is 0. The fourth-order valence-corrected chi connectivity index (χ4v) is 4.47. The molecule has 1 aromatic carbocycles. The number of benzene rings is 1. The standard InChI is InChI=1S/C20H24N4O5/c1-29-11-16(25)23-8-7-14-17(23)20(28)24-10-13(9-15(24)19(27)22-14)21-18(26)12-5-3-2-4-6-12/h2-6,13-15,17H,7-11H2,1H3,(H,21,26)(H,22,27). The van der Waals surface area contributed by atoms with Gasteiger partial charge in [-0.25, -0.2) is 0 Å². The number of nitrogens with one attached hydrogen (secondary N) is 2. The van der Waals surface area contributed by atoms with E-state index in [9.17, 15) is 19.2 Å². The highest BCUT2D eigenvalue weighted by molar-refractivity contribution is 5.97. The molecule has 0 aromatic heterocycles. The largest absolute Gasteiger partial charge is 0.375 e.